The minimum absolute atomic E-state index is 0.159. The number of piperidine rings is 1. The molecule has 2 rings (SSSR count). The van der Waals surface area contributed by atoms with E-state index in [1.165, 1.54) is 18.3 Å². The zero-order valence-corrected chi connectivity index (χ0v) is 10.8. The van der Waals surface area contributed by atoms with Crippen molar-refractivity contribution in [2.75, 3.05) is 13.1 Å². The van der Waals surface area contributed by atoms with Crippen molar-refractivity contribution in [2.24, 2.45) is 11.7 Å². The van der Waals surface area contributed by atoms with Crippen molar-refractivity contribution in [3.63, 3.8) is 0 Å². The zero-order valence-electron chi connectivity index (χ0n) is 10.8. The summed E-state index contributed by atoms with van der Waals surface area (Å²) in [5, 5.41) is 6.26. The third kappa shape index (κ3) is 3.29. The second-order valence-electron chi connectivity index (χ2n) is 4.85. The van der Waals surface area contributed by atoms with Crippen molar-refractivity contribution in [1.82, 2.24) is 15.6 Å². The highest BCUT2D eigenvalue weighted by Crippen LogP contribution is 2.11. The predicted molar refractivity (Wildman–Crippen MR) is 70.7 cm³/mol. The summed E-state index contributed by atoms with van der Waals surface area (Å²) in [6.07, 6.45) is 2.23. The van der Waals surface area contributed by atoms with Crippen molar-refractivity contribution >= 4 is 11.8 Å². The lowest BCUT2D eigenvalue weighted by Gasteiger charge is -2.30. The van der Waals surface area contributed by atoms with E-state index in [1.54, 1.807) is 0 Å². The third-order valence-corrected chi connectivity index (χ3v) is 3.38. The summed E-state index contributed by atoms with van der Waals surface area (Å²) in [4.78, 5) is 26.9. The summed E-state index contributed by atoms with van der Waals surface area (Å²) < 4.78 is 0. The molecule has 102 valence electrons. The molecule has 19 heavy (non-hydrogen) atoms. The fourth-order valence-corrected chi connectivity index (χ4v) is 2.14. The Morgan fingerprint density at radius 3 is 2.84 bits per heavy atom. The standard InChI is InChI=1S/C13H18N4O2/c1-8-6-15-5-4-10(8)17-13(19)11-3-2-9(7-16-11)12(14)18/h2-3,7-8,10,15H,4-6H2,1H3,(H2,14,18)(H,17,19). The number of pyridine rings is 1. The van der Waals surface area contributed by atoms with Crippen LogP contribution >= 0.6 is 0 Å². The maximum atomic E-state index is 12.0. The number of nitrogens with zero attached hydrogens (tertiary/aromatic N) is 1. The summed E-state index contributed by atoms with van der Waals surface area (Å²) in [6.45, 7) is 3.91. The van der Waals surface area contributed by atoms with Gasteiger partial charge in [0.2, 0.25) is 5.91 Å². The Kier molecular flexibility index (Phi) is 4.11. The number of rotatable bonds is 3. The van der Waals surface area contributed by atoms with Gasteiger partial charge >= 0.3 is 0 Å². The normalized spacial score (nSPS) is 22.8. The molecule has 2 heterocycles. The largest absolute Gasteiger partial charge is 0.366 e. The molecule has 2 atom stereocenters. The molecule has 0 aromatic carbocycles. The summed E-state index contributed by atoms with van der Waals surface area (Å²) in [7, 11) is 0. The number of aromatic nitrogens is 1. The smallest absolute Gasteiger partial charge is 0.270 e. The Labute approximate surface area is 111 Å². The van der Waals surface area contributed by atoms with E-state index >= 15 is 0 Å². The molecule has 0 saturated carbocycles. The van der Waals surface area contributed by atoms with E-state index in [1.807, 2.05) is 0 Å². The first-order valence-electron chi connectivity index (χ1n) is 6.35. The molecule has 1 aromatic rings. The molecule has 1 aliphatic heterocycles. The van der Waals surface area contributed by atoms with Crippen LogP contribution in [-0.4, -0.2) is 35.9 Å². The van der Waals surface area contributed by atoms with E-state index in [2.05, 4.69) is 22.5 Å². The molecule has 2 amide bonds. The van der Waals surface area contributed by atoms with Crippen molar-refractivity contribution in [3.8, 4) is 0 Å². The Morgan fingerprint density at radius 2 is 2.26 bits per heavy atom. The second-order valence-corrected chi connectivity index (χ2v) is 4.85. The molecule has 0 bridgehead atoms. The highest BCUT2D eigenvalue weighted by atomic mass is 16.2. The molecule has 2 unspecified atom stereocenters. The Balaban J connectivity index is 2.01. The first-order valence-corrected chi connectivity index (χ1v) is 6.35. The van der Waals surface area contributed by atoms with Crippen LogP contribution in [0.1, 0.15) is 34.2 Å². The molecule has 6 nitrogen and oxygen atoms in total. The number of carbonyl (C=O) groups is 2. The minimum atomic E-state index is -0.550. The Bertz CT molecular complexity index is 472. The zero-order chi connectivity index (χ0) is 13.8. The maximum absolute atomic E-state index is 12.0. The van der Waals surface area contributed by atoms with Gasteiger partial charge in [0.25, 0.3) is 5.91 Å². The number of primary amides is 1. The van der Waals surface area contributed by atoms with Crippen LogP contribution in [0.15, 0.2) is 18.3 Å². The van der Waals surface area contributed by atoms with Crippen LogP contribution in [0.4, 0.5) is 0 Å². The van der Waals surface area contributed by atoms with E-state index in [9.17, 15) is 9.59 Å². The minimum Gasteiger partial charge on any atom is -0.366 e. The van der Waals surface area contributed by atoms with Crippen LogP contribution in [0, 0.1) is 5.92 Å². The third-order valence-electron chi connectivity index (χ3n) is 3.38. The van der Waals surface area contributed by atoms with Gasteiger partial charge in [-0.3, -0.25) is 14.6 Å². The Morgan fingerprint density at radius 1 is 1.47 bits per heavy atom. The molecular weight excluding hydrogens is 244 g/mol. The van der Waals surface area contributed by atoms with Crippen molar-refractivity contribution in [1.29, 1.82) is 0 Å². The van der Waals surface area contributed by atoms with Gasteiger partial charge in [-0.05, 0) is 37.6 Å². The first kappa shape index (κ1) is 13.5. The average molecular weight is 262 g/mol. The lowest BCUT2D eigenvalue weighted by molar-refractivity contribution is 0.0907. The monoisotopic (exact) mass is 262 g/mol. The molecule has 0 aliphatic carbocycles. The van der Waals surface area contributed by atoms with Crippen LogP contribution in [0.3, 0.4) is 0 Å². The molecule has 0 spiro atoms. The molecule has 1 fully saturated rings. The lowest BCUT2D eigenvalue weighted by Crippen LogP contribution is -2.48. The number of nitrogens with two attached hydrogens (primary N) is 1. The molecule has 4 N–H and O–H groups in total. The number of nitrogens with one attached hydrogen (secondary N) is 2. The Hall–Kier alpha value is -1.95. The van der Waals surface area contributed by atoms with E-state index in [4.69, 9.17) is 5.73 Å². The van der Waals surface area contributed by atoms with Gasteiger partial charge in [-0.25, -0.2) is 0 Å². The van der Waals surface area contributed by atoms with E-state index in [0.717, 1.165) is 19.5 Å². The first-order chi connectivity index (χ1) is 9.08. The molecule has 1 aliphatic rings. The topological polar surface area (TPSA) is 97.1 Å². The van der Waals surface area contributed by atoms with Gasteiger partial charge in [-0.1, -0.05) is 6.92 Å². The van der Waals surface area contributed by atoms with Crippen molar-refractivity contribution < 1.29 is 9.59 Å². The van der Waals surface area contributed by atoms with Gasteiger partial charge in [0, 0.05) is 12.2 Å². The predicted octanol–water partition coefficient (Wildman–Crippen LogP) is -0.0917. The SMILES string of the molecule is CC1CNCCC1NC(=O)c1ccc(C(N)=O)cn1. The fourth-order valence-electron chi connectivity index (χ4n) is 2.14. The van der Waals surface area contributed by atoms with Crippen LogP contribution in [-0.2, 0) is 0 Å². The van der Waals surface area contributed by atoms with E-state index in [-0.39, 0.29) is 11.9 Å². The van der Waals surface area contributed by atoms with Gasteiger partial charge in [0.05, 0.1) is 5.56 Å². The van der Waals surface area contributed by atoms with Crippen LogP contribution in [0.25, 0.3) is 0 Å². The number of hydrogen-bond acceptors (Lipinski definition) is 4. The highest BCUT2D eigenvalue weighted by Gasteiger charge is 2.23. The highest BCUT2D eigenvalue weighted by molar-refractivity contribution is 5.95. The van der Waals surface area contributed by atoms with Crippen LogP contribution in [0.2, 0.25) is 0 Å². The van der Waals surface area contributed by atoms with Gasteiger partial charge in [0.1, 0.15) is 5.69 Å². The quantitative estimate of drug-likeness (QED) is 0.709. The fraction of sp³-hybridized carbons (Fsp3) is 0.462. The lowest BCUT2D eigenvalue weighted by atomic mass is 9.95. The number of amides is 2. The molecule has 0 radical (unpaired) electrons. The van der Waals surface area contributed by atoms with Crippen molar-refractivity contribution in [2.45, 2.75) is 19.4 Å². The molecular formula is C13H18N4O2. The summed E-state index contributed by atoms with van der Waals surface area (Å²) in [5.41, 5.74) is 5.72. The van der Waals surface area contributed by atoms with Gasteiger partial charge in [0.15, 0.2) is 0 Å². The van der Waals surface area contributed by atoms with E-state index < -0.39 is 5.91 Å². The molecule has 6 heteroatoms. The van der Waals surface area contributed by atoms with Crippen molar-refractivity contribution in [3.05, 3.63) is 29.6 Å². The van der Waals surface area contributed by atoms with Crippen LogP contribution in [0.5, 0.6) is 0 Å². The van der Waals surface area contributed by atoms with Gasteiger partial charge in [-0.2, -0.15) is 0 Å². The number of carbonyl (C=O) groups excluding carboxylic acids is 2. The summed E-state index contributed by atoms with van der Waals surface area (Å²) in [6, 6.07) is 3.18. The molecule has 1 saturated heterocycles. The number of hydrogen-bond donors (Lipinski definition) is 3. The van der Waals surface area contributed by atoms with E-state index in [0.29, 0.717) is 17.2 Å². The maximum Gasteiger partial charge on any atom is 0.270 e. The van der Waals surface area contributed by atoms with Gasteiger partial charge in [-0.15, -0.1) is 0 Å². The van der Waals surface area contributed by atoms with Gasteiger partial charge < -0.3 is 16.4 Å². The summed E-state index contributed by atoms with van der Waals surface area (Å²) >= 11 is 0. The summed E-state index contributed by atoms with van der Waals surface area (Å²) in [5.74, 6) is -0.371. The van der Waals surface area contributed by atoms with Crippen LogP contribution < -0.4 is 16.4 Å². The average Bonchev–Trinajstić information content (AvgIpc) is 2.41. The molecule has 1 aromatic heterocycles. The second kappa shape index (κ2) is 5.79.